The van der Waals surface area contributed by atoms with Crippen LogP contribution in [0.3, 0.4) is 0 Å². The zero-order chi connectivity index (χ0) is 17.3. The fraction of sp³-hybridized carbons (Fsp3) is 0.125. The van der Waals surface area contributed by atoms with Crippen molar-refractivity contribution >= 4 is 32.7 Å². The van der Waals surface area contributed by atoms with Crippen molar-refractivity contribution in [1.29, 1.82) is 0 Å². The first-order valence-corrected chi connectivity index (χ1v) is 8.51. The number of rotatable bonds is 4. The molecule has 1 heterocycles. The molecule has 0 radical (unpaired) electrons. The van der Waals surface area contributed by atoms with Crippen molar-refractivity contribution in [1.82, 2.24) is 9.55 Å². The van der Waals surface area contributed by atoms with Crippen molar-refractivity contribution in [2.45, 2.75) is 4.90 Å². The number of imidazole rings is 1. The van der Waals surface area contributed by atoms with Gasteiger partial charge in [-0.3, -0.25) is 4.72 Å². The van der Waals surface area contributed by atoms with Crippen molar-refractivity contribution in [3.8, 4) is 0 Å². The fourth-order valence-electron chi connectivity index (χ4n) is 2.29. The Kier molecular flexibility index (Phi) is 3.98. The molecule has 0 amide bonds. The molecule has 0 saturated heterocycles. The molecule has 7 nitrogen and oxygen atoms in total. The summed E-state index contributed by atoms with van der Waals surface area (Å²) in [5, 5.41) is 0. The highest BCUT2D eigenvalue weighted by Crippen LogP contribution is 2.21. The number of nitrogens with zero attached hydrogens (tertiary/aromatic N) is 2. The van der Waals surface area contributed by atoms with Gasteiger partial charge in [0.05, 0.1) is 34.9 Å². The van der Waals surface area contributed by atoms with E-state index in [4.69, 9.17) is 0 Å². The number of methoxy groups -OCH3 is 1. The summed E-state index contributed by atoms with van der Waals surface area (Å²) in [4.78, 5) is 15.7. The van der Waals surface area contributed by atoms with E-state index in [9.17, 15) is 13.2 Å². The molecule has 2 aromatic carbocycles. The second kappa shape index (κ2) is 5.97. The van der Waals surface area contributed by atoms with E-state index in [-0.39, 0.29) is 4.90 Å². The average molecular weight is 345 g/mol. The van der Waals surface area contributed by atoms with Crippen LogP contribution in [-0.4, -0.2) is 31.0 Å². The van der Waals surface area contributed by atoms with E-state index in [0.29, 0.717) is 16.8 Å². The van der Waals surface area contributed by atoms with Gasteiger partial charge in [0.1, 0.15) is 0 Å². The third kappa shape index (κ3) is 2.95. The first kappa shape index (κ1) is 16.0. The zero-order valence-electron chi connectivity index (χ0n) is 13.1. The summed E-state index contributed by atoms with van der Waals surface area (Å²) in [7, 11) is -0.627. The molecular weight excluding hydrogens is 330 g/mol. The zero-order valence-corrected chi connectivity index (χ0v) is 13.9. The highest BCUT2D eigenvalue weighted by Gasteiger charge is 2.16. The maximum absolute atomic E-state index is 12.5. The number of esters is 1. The van der Waals surface area contributed by atoms with Crippen LogP contribution in [-0.2, 0) is 21.8 Å². The van der Waals surface area contributed by atoms with E-state index in [1.165, 1.54) is 43.5 Å². The van der Waals surface area contributed by atoms with Crippen LogP contribution in [0.25, 0.3) is 11.0 Å². The van der Waals surface area contributed by atoms with Gasteiger partial charge in [-0.25, -0.2) is 18.2 Å². The van der Waals surface area contributed by atoms with Gasteiger partial charge in [0.15, 0.2) is 0 Å². The van der Waals surface area contributed by atoms with Gasteiger partial charge in [-0.05, 0) is 42.5 Å². The van der Waals surface area contributed by atoms with Crippen molar-refractivity contribution in [3.63, 3.8) is 0 Å². The summed E-state index contributed by atoms with van der Waals surface area (Å²) in [5.74, 6) is -0.481. The Labute approximate surface area is 138 Å². The molecule has 0 aliphatic heterocycles. The Balaban J connectivity index is 1.88. The third-order valence-corrected chi connectivity index (χ3v) is 4.94. The summed E-state index contributed by atoms with van der Waals surface area (Å²) in [6.45, 7) is 0. The number of anilines is 1. The minimum Gasteiger partial charge on any atom is -0.465 e. The average Bonchev–Trinajstić information content (AvgIpc) is 2.95. The topological polar surface area (TPSA) is 90.3 Å². The molecule has 0 aliphatic rings. The van der Waals surface area contributed by atoms with Crippen LogP contribution in [0.4, 0.5) is 5.69 Å². The lowest BCUT2D eigenvalue weighted by atomic mass is 10.2. The number of ether oxygens (including phenoxy) is 1. The molecule has 8 heteroatoms. The highest BCUT2D eigenvalue weighted by molar-refractivity contribution is 7.92. The van der Waals surface area contributed by atoms with Gasteiger partial charge < -0.3 is 9.30 Å². The lowest BCUT2D eigenvalue weighted by Crippen LogP contribution is -2.13. The monoisotopic (exact) mass is 345 g/mol. The van der Waals surface area contributed by atoms with Crippen LogP contribution in [0.5, 0.6) is 0 Å². The second-order valence-corrected chi connectivity index (χ2v) is 6.86. The Morgan fingerprint density at radius 3 is 2.54 bits per heavy atom. The molecule has 24 heavy (non-hydrogen) atoms. The SMILES string of the molecule is COC(=O)c1ccc(NS(=O)(=O)c2ccc3c(c2)ncn3C)cc1. The van der Waals surface area contributed by atoms with E-state index in [2.05, 4.69) is 14.4 Å². The lowest BCUT2D eigenvalue weighted by Gasteiger charge is -2.09. The molecule has 0 atom stereocenters. The van der Waals surface area contributed by atoms with Gasteiger partial charge in [0, 0.05) is 12.7 Å². The maximum Gasteiger partial charge on any atom is 0.337 e. The molecule has 1 aromatic heterocycles. The quantitative estimate of drug-likeness (QED) is 0.732. The van der Waals surface area contributed by atoms with Gasteiger partial charge in [0.25, 0.3) is 10.0 Å². The maximum atomic E-state index is 12.5. The van der Waals surface area contributed by atoms with Crippen LogP contribution in [0, 0.1) is 0 Å². The number of carbonyl (C=O) groups excluding carboxylic acids is 1. The Hall–Kier alpha value is -2.87. The number of hydrogen-bond donors (Lipinski definition) is 1. The molecule has 0 spiro atoms. The number of benzene rings is 2. The van der Waals surface area contributed by atoms with Gasteiger partial charge in [-0.2, -0.15) is 0 Å². The number of sulfonamides is 1. The number of aromatic nitrogens is 2. The number of carbonyl (C=O) groups is 1. The van der Waals surface area contributed by atoms with Crippen LogP contribution in [0.1, 0.15) is 10.4 Å². The molecule has 0 aliphatic carbocycles. The molecule has 3 rings (SSSR count). The smallest absolute Gasteiger partial charge is 0.337 e. The predicted octanol–water partition coefficient (Wildman–Crippen LogP) is 2.16. The van der Waals surface area contributed by atoms with Crippen molar-refractivity contribution in [2.24, 2.45) is 7.05 Å². The molecule has 0 unspecified atom stereocenters. The largest absolute Gasteiger partial charge is 0.465 e. The standard InChI is InChI=1S/C16H15N3O4S/c1-19-10-17-14-9-13(7-8-15(14)19)24(21,22)18-12-5-3-11(4-6-12)16(20)23-2/h3-10,18H,1-2H3. The normalized spacial score (nSPS) is 11.4. The molecule has 124 valence electrons. The molecule has 0 bridgehead atoms. The van der Waals surface area contributed by atoms with Crippen molar-refractivity contribution in [3.05, 3.63) is 54.4 Å². The first-order chi connectivity index (χ1) is 11.4. The summed E-state index contributed by atoms with van der Waals surface area (Å²) >= 11 is 0. The predicted molar refractivity (Wildman–Crippen MR) is 89.3 cm³/mol. The summed E-state index contributed by atoms with van der Waals surface area (Å²) in [6.07, 6.45) is 1.63. The summed E-state index contributed by atoms with van der Waals surface area (Å²) < 4.78 is 33.9. The van der Waals surface area contributed by atoms with Crippen LogP contribution >= 0.6 is 0 Å². The van der Waals surface area contributed by atoms with Crippen molar-refractivity contribution in [2.75, 3.05) is 11.8 Å². The molecule has 1 N–H and O–H groups in total. The van der Waals surface area contributed by atoms with Gasteiger partial charge >= 0.3 is 5.97 Å². The molecule has 0 saturated carbocycles. The van der Waals surface area contributed by atoms with Crippen molar-refractivity contribution < 1.29 is 17.9 Å². The van der Waals surface area contributed by atoms with E-state index in [1.54, 1.807) is 12.4 Å². The minimum atomic E-state index is -3.75. The molecular formula is C16H15N3O4S. The van der Waals surface area contributed by atoms with Gasteiger partial charge in [-0.1, -0.05) is 0 Å². The van der Waals surface area contributed by atoms with Crippen LogP contribution in [0.15, 0.2) is 53.7 Å². The number of fused-ring (bicyclic) bond motifs is 1. The molecule has 3 aromatic rings. The number of aryl methyl sites for hydroxylation is 1. The lowest BCUT2D eigenvalue weighted by molar-refractivity contribution is 0.0601. The third-order valence-electron chi connectivity index (χ3n) is 3.57. The van der Waals surface area contributed by atoms with Crippen LogP contribution < -0.4 is 4.72 Å². The Morgan fingerprint density at radius 2 is 1.88 bits per heavy atom. The summed E-state index contributed by atoms with van der Waals surface area (Å²) in [6, 6.07) is 10.7. The number of hydrogen-bond acceptors (Lipinski definition) is 5. The van der Waals surface area contributed by atoms with Crippen LogP contribution in [0.2, 0.25) is 0 Å². The second-order valence-electron chi connectivity index (χ2n) is 5.18. The fourth-order valence-corrected chi connectivity index (χ4v) is 3.37. The number of nitrogens with one attached hydrogen (secondary N) is 1. The van der Waals surface area contributed by atoms with E-state index >= 15 is 0 Å². The molecule has 0 fully saturated rings. The van der Waals surface area contributed by atoms with E-state index in [1.807, 2.05) is 11.6 Å². The van der Waals surface area contributed by atoms with E-state index < -0.39 is 16.0 Å². The first-order valence-electron chi connectivity index (χ1n) is 7.03. The minimum absolute atomic E-state index is 0.116. The van der Waals surface area contributed by atoms with E-state index in [0.717, 1.165) is 5.52 Å². The highest BCUT2D eigenvalue weighted by atomic mass is 32.2. The van der Waals surface area contributed by atoms with Gasteiger partial charge in [-0.15, -0.1) is 0 Å². The Bertz CT molecular complexity index is 1010. The van der Waals surface area contributed by atoms with Gasteiger partial charge in [0.2, 0.25) is 0 Å². The Morgan fingerprint density at radius 1 is 1.17 bits per heavy atom. The summed E-state index contributed by atoms with van der Waals surface area (Å²) in [5.41, 5.74) is 2.14.